The summed E-state index contributed by atoms with van der Waals surface area (Å²) in [6, 6.07) is 15.0. The molecule has 0 aliphatic carbocycles. The number of carbonyl (C=O) groups is 1. The fourth-order valence-corrected chi connectivity index (χ4v) is 3.85. The maximum absolute atomic E-state index is 12.6. The smallest absolute Gasteiger partial charge is 0.251 e. The summed E-state index contributed by atoms with van der Waals surface area (Å²) in [5.74, 6) is -0.250. The van der Waals surface area contributed by atoms with Crippen LogP contribution in [-0.4, -0.2) is 26.4 Å². The molecule has 5 nitrogen and oxygen atoms in total. The molecule has 2 aromatic carbocycles. The van der Waals surface area contributed by atoms with Crippen LogP contribution in [0.25, 0.3) is 0 Å². The van der Waals surface area contributed by atoms with Gasteiger partial charge in [-0.05, 0) is 42.7 Å². The molecule has 3 N–H and O–H groups in total. The van der Waals surface area contributed by atoms with E-state index in [1.54, 1.807) is 54.6 Å². The van der Waals surface area contributed by atoms with Crippen LogP contribution < -0.4 is 11.1 Å². The van der Waals surface area contributed by atoms with Crippen molar-refractivity contribution in [2.45, 2.75) is 37.0 Å². The summed E-state index contributed by atoms with van der Waals surface area (Å²) in [7, 11) is -3.46. The van der Waals surface area contributed by atoms with Crippen LogP contribution in [0.2, 0.25) is 0 Å². The molecule has 0 saturated carbocycles. The van der Waals surface area contributed by atoms with E-state index in [-0.39, 0.29) is 34.9 Å². The zero-order chi connectivity index (χ0) is 19.4. The fourth-order valence-electron chi connectivity index (χ4n) is 2.50. The Kier molecular flexibility index (Phi) is 8.02. The Hall–Kier alpha value is -1.89. The second-order valence-corrected chi connectivity index (χ2v) is 8.99. The lowest BCUT2D eigenvalue weighted by Gasteiger charge is -2.33. The molecule has 1 unspecified atom stereocenters. The van der Waals surface area contributed by atoms with Gasteiger partial charge in [-0.15, -0.1) is 12.4 Å². The van der Waals surface area contributed by atoms with Gasteiger partial charge in [0.15, 0.2) is 9.84 Å². The molecule has 0 saturated heterocycles. The predicted molar refractivity (Wildman–Crippen MR) is 111 cm³/mol. The summed E-state index contributed by atoms with van der Waals surface area (Å²) in [6.07, 6.45) is 0. The molecule has 148 valence electrons. The van der Waals surface area contributed by atoms with Crippen molar-refractivity contribution in [2.24, 2.45) is 11.7 Å². The third-order valence-corrected chi connectivity index (χ3v) is 6.45. The number of amides is 1. The van der Waals surface area contributed by atoms with Crippen LogP contribution in [0.5, 0.6) is 0 Å². The summed E-state index contributed by atoms with van der Waals surface area (Å²) < 4.78 is 25.1. The van der Waals surface area contributed by atoms with Crippen molar-refractivity contribution < 1.29 is 13.2 Å². The highest BCUT2D eigenvalue weighted by Gasteiger charge is 2.29. The number of rotatable bonds is 7. The average molecular weight is 411 g/mol. The van der Waals surface area contributed by atoms with Gasteiger partial charge in [-0.3, -0.25) is 4.79 Å². The van der Waals surface area contributed by atoms with Crippen LogP contribution >= 0.6 is 12.4 Å². The first-order valence-corrected chi connectivity index (χ1v) is 10.2. The van der Waals surface area contributed by atoms with Gasteiger partial charge in [-0.2, -0.15) is 0 Å². The molecule has 0 bridgehead atoms. The number of nitrogens with one attached hydrogen (secondary N) is 1. The first kappa shape index (κ1) is 23.1. The van der Waals surface area contributed by atoms with Crippen LogP contribution in [0.3, 0.4) is 0 Å². The minimum Gasteiger partial charge on any atom is -0.345 e. The lowest BCUT2D eigenvalue weighted by atomic mass is 9.88. The third-order valence-electron chi connectivity index (χ3n) is 4.75. The SMILES string of the molecule is CC(C)C(C)(CN)NC(=O)c1cccc(CS(=O)(=O)c2ccccc2)c1.Cl. The topological polar surface area (TPSA) is 89.3 Å². The molecule has 1 atom stereocenters. The number of benzene rings is 2. The van der Waals surface area contributed by atoms with E-state index in [0.717, 1.165) is 0 Å². The second kappa shape index (κ2) is 9.35. The van der Waals surface area contributed by atoms with E-state index in [9.17, 15) is 13.2 Å². The Labute approximate surface area is 167 Å². The van der Waals surface area contributed by atoms with E-state index >= 15 is 0 Å². The molecular weight excluding hydrogens is 384 g/mol. The Morgan fingerprint density at radius 1 is 1.11 bits per heavy atom. The fraction of sp³-hybridized carbons (Fsp3) is 0.350. The van der Waals surface area contributed by atoms with Gasteiger partial charge < -0.3 is 11.1 Å². The van der Waals surface area contributed by atoms with E-state index < -0.39 is 15.4 Å². The lowest BCUT2D eigenvalue weighted by molar-refractivity contribution is 0.0883. The van der Waals surface area contributed by atoms with Gasteiger partial charge in [0.1, 0.15) is 0 Å². The maximum Gasteiger partial charge on any atom is 0.251 e. The van der Waals surface area contributed by atoms with E-state index in [4.69, 9.17) is 5.73 Å². The highest BCUT2D eigenvalue weighted by atomic mass is 35.5. The van der Waals surface area contributed by atoms with Crippen LogP contribution in [-0.2, 0) is 15.6 Å². The molecule has 7 heteroatoms. The summed E-state index contributed by atoms with van der Waals surface area (Å²) in [6.45, 7) is 6.21. The standard InChI is InChI=1S/C20H26N2O3S.ClH/c1-15(2)20(3,14-21)22-19(23)17-9-7-8-16(12-17)13-26(24,25)18-10-5-4-6-11-18;/h4-12,15H,13-14,21H2,1-3H3,(H,22,23);1H. The van der Waals surface area contributed by atoms with E-state index in [1.165, 1.54) is 0 Å². The molecule has 0 heterocycles. The lowest BCUT2D eigenvalue weighted by Crippen LogP contribution is -2.55. The maximum atomic E-state index is 12.6. The van der Waals surface area contributed by atoms with Gasteiger partial charge in [0.25, 0.3) is 5.91 Å². The molecule has 2 aromatic rings. The zero-order valence-corrected chi connectivity index (χ0v) is 17.4. The van der Waals surface area contributed by atoms with Crippen molar-refractivity contribution in [3.8, 4) is 0 Å². The second-order valence-electron chi connectivity index (χ2n) is 7.00. The summed E-state index contributed by atoms with van der Waals surface area (Å²) in [5, 5.41) is 2.97. The monoisotopic (exact) mass is 410 g/mol. The zero-order valence-electron chi connectivity index (χ0n) is 15.8. The average Bonchev–Trinajstić information content (AvgIpc) is 2.62. The van der Waals surface area contributed by atoms with E-state index in [2.05, 4.69) is 5.32 Å². The van der Waals surface area contributed by atoms with Crippen LogP contribution in [0.1, 0.15) is 36.7 Å². The first-order chi connectivity index (χ1) is 12.2. The molecule has 0 aromatic heterocycles. The molecule has 27 heavy (non-hydrogen) atoms. The van der Waals surface area contributed by atoms with Gasteiger partial charge in [0.05, 0.1) is 16.2 Å². The number of sulfone groups is 1. The van der Waals surface area contributed by atoms with Gasteiger partial charge in [-0.1, -0.05) is 44.2 Å². The molecule has 2 rings (SSSR count). The molecule has 0 aliphatic rings. The number of carbonyl (C=O) groups excluding carboxylic acids is 1. The van der Waals surface area contributed by atoms with Crippen molar-refractivity contribution in [3.05, 3.63) is 65.7 Å². The first-order valence-electron chi connectivity index (χ1n) is 8.57. The molecular formula is C20H27ClN2O3S. The quantitative estimate of drug-likeness (QED) is 0.733. The summed E-state index contributed by atoms with van der Waals surface area (Å²) in [5.41, 5.74) is 6.29. The normalized spacial score (nSPS) is 13.5. The molecule has 0 fully saturated rings. The minimum absolute atomic E-state index is 0. The van der Waals surface area contributed by atoms with Crippen LogP contribution in [0.4, 0.5) is 0 Å². The largest absolute Gasteiger partial charge is 0.345 e. The summed E-state index contributed by atoms with van der Waals surface area (Å²) in [4.78, 5) is 12.9. The van der Waals surface area contributed by atoms with Crippen molar-refractivity contribution in [1.29, 1.82) is 0 Å². The molecule has 0 radical (unpaired) electrons. The Morgan fingerprint density at radius 3 is 2.30 bits per heavy atom. The van der Waals surface area contributed by atoms with Crippen LogP contribution in [0, 0.1) is 5.92 Å². The minimum atomic E-state index is -3.46. The van der Waals surface area contributed by atoms with Crippen molar-refractivity contribution in [1.82, 2.24) is 5.32 Å². The highest BCUT2D eigenvalue weighted by molar-refractivity contribution is 7.90. The number of hydrogen-bond acceptors (Lipinski definition) is 4. The highest BCUT2D eigenvalue weighted by Crippen LogP contribution is 2.19. The van der Waals surface area contributed by atoms with Gasteiger partial charge in [-0.25, -0.2) is 8.42 Å². The molecule has 0 aliphatic heterocycles. The summed E-state index contributed by atoms with van der Waals surface area (Å²) >= 11 is 0. The van der Waals surface area contributed by atoms with Crippen molar-refractivity contribution >= 4 is 28.2 Å². The van der Waals surface area contributed by atoms with Gasteiger partial charge in [0, 0.05) is 12.1 Å². The Balaban J connectivity index is 0.00000364. The van der Waals surface area contributed by atoms with Crippen LogP contribution in [0.15, 0.2) is 59.5 Å². The van der Waals surface area contributed by atoms with Crippen molar-refractivity contribution in [2.75, 3.05) is 6.54 Å². The van der Waals surface area contributed by atoms with Gasteiger partial charge in [0.2, 0.25) is 0 Å². The Bertz CT molecular complexity index is 870. The van der Waals surface area contributed by atoms with Crippen molar-refractivity contribution in [3.63, 3.8) is 0 Å². The van der Waals surface area contributed by atoms with E-state index in [1.807, 2.05) is 20.8 Å². The van der Waals surface area contributed by atoms with E-state index in [0.29, 0.717) is 17.7 Å². The Morgan fingerprint density at radius 2 is 1.74 bits per heavy atom. The predicted octanol–water partition coefficient (Wildman–Crippen LogP) is 3.19. The third kappa shape index (κ3) is 5.79. The molecule has 0 spiro atoms. The van der Waals surface area contributed by atoms with Gasteiger partial charge >= 0.3 is 0 Å². The number of nitrogens with two attached hydrogens (primary N) is 1. The number of hydrogen-bond donors (Lipinski definition) is 2. The number of halogens is 1. The molecule has 1 amide bonds.